The molecule has 0 saturated heterocycles. The number of aryl methyl sites for hydroxylation is 1. The molecule has 0 amide bonds. The van der Waals surface area contributed by atoms with Crippen molar-refractivity contribution in [2.75, 3.05) is 0 Å². The third-order valence-electron chi connectivity index (χ3n) is 3.28. The number of aliphatic hydroxyl groups is 1. The maximum Gasteiger partial charge on any atom is 0.0773 e. The van der Waals surface area contributed by atoms with E-state index in [4.69, 9.17) is 17.3 Å². The van der Waals surface area contributed by atoms with E-state index in [0.717, 1.165) is 16.7 Å². The zero-order valence-electron chi connectivity index (χ0n) is 11.3. The summed E-state index contributed by atoms with van der Waals surface area (Å²) in [4.78, 5) is 0. The molecule has 108 valence electrons. The molecule has 0 saturated carbocycles. The number of aliphatic hydroxyl groups excluding tert-OH is 1. The van der Waals surface area contributed by atoms with Gasteiger partial charge in [-0.25, -0.2) is 0 Å². The van der Waals surface area contributed by atoms with E-state index >= 15 is 0 Å². The Kier molecular flexibility index (Phi) is 6.50. The number of benzene rings is 2. The fourth-order valence-electron chi connectivity index (χ4n) is 2.02. The van der Waals surface area contributed by atoms with E-state index in [-0.39, 0.29) is 12.4 Å². The van der Waals surface area contributed by atoms with Gasteiger partial charge in [0.2, 0.25) is 0 Å². The quantitative estimate of drug-likeness (QED) is 0.905. The average molecular weight is 312 g/mol. The van der Waals surface area contributed by atoms with Crippen molar-refractivity contribution in [3.63, 3.8) is 0 Å². The van der Waals surface area contributed by atoms with Crippen LogP contribution in [0.3, 0.4) is 0 Å². The van der Waals surface area contributed by atoms with Crippen molar-refractivity contribution in [2.24, 2.45) is 5.73 Å². The summed E-state index contributed by atoms with van der Waals surface area (Å²) in [6.45, 7) is 1.94. The van der Waals surface area contributed by atoms with E-state index < -0.39 is 12.1 Å². The largest absolute Gasteiger partial charge is 0.391 e. The highest BCUT2D eigenvalue weighted by Crippen LogP contribution is 2.23. The molecule has 2 rings (SSSR count). The number of halogens is 2. The van der Waals surface area contributed by atoms with Crippen molar-refractivity contribution in [3.05, 3.63) is 70.2 Å². The summed E-state index contributed by atoms with van der Waals surface area (Å²) >= 11 is 6.09. The lowest BCUT2D eigenvalue weighted by Gasteiger charge is -2.20. The summed E-state index contributed by atoms with van der Waals surface area (Å²) in [5.41, 5.74) is 9.04. The number of hydrogen-bond donors (Lipinski definition) is 2. The van der Waals surface area contributed by atoms with Crippen LogP contribution < -0.4 is 5.73 Å². The highest BCUT2D eigenvalue weighted by atomic mass is 35.5. The van der Waals surface area contributed by atoms with Crippen LogP contribution in [0, 0.1) is 6.92 Å². The molecule has 0 bridgehead atoms. The molecule has 2 atom stereocenters. The van der Waals surface area contributed by atoms with Gasteiger partial charge in [-0.15, -0.1) is 12.4 Å². The van der Waals surface area contributed by atoms with Crippen molar-refractivity contribution in [1.82, 2.24) is 0 Å². The Balaban J connectivity index is 0.00000200. The topological polar surface area (TPSA) is 46.2 Å². The lowest BCUT2D eigenvalue weighted by Crippen LogP contribution is -2.28. The third-order valence-corrected chi connectivity index (χ3v) is 3.69. The second kappa shape index (κ2) is 7.65. The van der Waals surface area contributed by atoms with Crippen LogP contribution in [-0.4, -0.2) is 11.2 Å². The smallest absolute Gasteiger partial charge is 0.0773 e. The molecule has 0 aliphatic rings. The summed E-state index contributed by atoms with van der Waals surface area (Å²) in [7, 11) is 0. The summed E-state index contributed by atoms with van der Waals surface area (Å²) in [5.74, 6) is 0. The molecule has 2 aromatic rings. The summed E-state index contributed by atoms with van der Waals surface area (Å²) in [5, 5.41) is 10.9. The van der Waals surface area contributed by atoms with Gasteiger partial charge in [0.25, 0.3) is 0 Å². The predicted octanol–water partition coefficient (Wildman–Crippen LogP) is 3.67. The Bertz CT molecular complexity index is 545. The van der Waals surface area contributed by atoms with E-state index in [9.17, 15) is 5.11 Å². The highest BCUT2D eigenvalue weighted by Gasteiger charge is 2.17. The highest BCUT2D eigenvalue weighted by molar-refractivity contribution is 6.31. The monoisotopic (exact) mass is 311 g/mol. The molecule has 20 heavy (non-hydrogen) atoms. The van der Waals surface area contributed by atoms with Crippen LogP contribution in [0.4, 0.5) is 0 Å². The van der Waals surface area contributed by atoms with E-state index in [2.05, 4.69) is 0 Å². The molecule has 0 aliphatic carbocycles. The average Bonchev–Trinajstić information content (AvgIpc) is 2.42. The molecule has 2 nitrogen and oxygen atoms in total. The first kappa shape index (κ1) is 17.0. The first-order chi connectivity index (χ1) is 9.08. The van der Waals surface area contributed by atoms with Gasteiger partial charge >= 0.3 is 0 Å². The SMILES string of the molecule is Cc1ccc([C@H](N)[C@H](O)Cc2ccccc2)cc1Cl.Cl. The van der Waals surface area contributed by atoms with Gasteiger partial charge in [-0.3, -0.25) is 0 Å². The Morgan fingerprint density at radius 1 is 1.15 bits per heavy atom. The standard InChI is InChI=1S/C16H18ClNO.ClH/c1-11-7-8-13(10-14(11)17)16(18)15(19)9-12-5-3-2-4-6-12;/h2-8,10,15-16,19H,9,18H2,1H3;1H/t15-,16+;/m1./s1. The van der Waals surface area contributed by atoms with Crippen LogP contribution in [0.2, 0.25) is 5.02 Å². The van der Waals surface area contributed by atoms with Gasteiger partial charge < -0.3 is 10.8 Å². The van der Waals surface area contributed by atoms with E-state index in [1.54, 1.807) is 0 Å². The number of hydrogen-bond acceptors (Lipinski definition) is 2. The van der Waals surface area contributed by atoms with Gasteiger partial charge in [-0.2, -0.15) is 0 Å². The molecule has 0 heterocycles. The van der Waals surface area contributed by atoms with Gasteiger partial charge in [0.1, 0.15) is 0 Å². The van der Waals surface area contributed by atoms with E-state index in [1.807, 2.05) is 55.5 Å². The van der Waals surface area contributed by atoms with Crippen LogP contribution in [0.1, 0.15) is 22.7 Å². The van der Waals surface area contributed by atoms with Crippen LogP contribution in [-0.2, 0) is 6.42 Å². The maximum absolute atomic E-state index is 10.2. The van der Waals surface area contributed by atoms with Crippen LogP contribution in [0.5, 0.6) is 0 Å². The Hall–Kier alpha value is -1.06. The van der Waals surface area contributed by atoms with Crippen molar-refractivity contribution < 1.29 is 5.11 Å². The van der Waals surface area contributed by atoms with E-state index in [1.165, 1.54) is 0 Å². The van der Waals surface area contributed by atoms with Gasteiger partial charge in [0.15, 0.2) is 0 Å². The molecule has 2 aromatic carbocycles. The first-order valence-electron chi connectivity index (χ1n) is 6.31. The second-order valence-electron chi connectivity index (χ2n) is 4.79. The van der Waals surface area contributed by atoms with Crippen molar-refractivity contribution in [3.8, 4) is 0 Å². The molecule has 0 aromatic heterocycles. The van der Waals surface area contributed by atoms with E-state index in [0.29, 0.717) is 11.4 Å². The summed E-state index contributed by atoms with van der Waals surface area (Å²) in [6, 6.07) is 15.1. The molecule has 0 radical (unpaired) electrons. The molecule has 0 unspecified atom stereocenters. The molecule has 0 aliphatic heterocycles. The fourth-order valence-corrected chi connectivity index (χ4v) is 2.21. The molecule has 0 spiro atoms. The predicted molar refractivity (Wildman–Crippen MR) is 86.5 cm³/mol. The van der Waals surface area contributed by atoms with Crippen LogP contribution in [0.25, 0.3) is 0 Å². The minimum absolute atomic E-state index is 0. The number of rotatable bonds is 4. The zero-order chi connectivity index (χ0) is 13.8. The van der Waals surface area contributed by atoms with Gasteiger partial charge in [-0.1, -0.05) is 54.1 Å². The van der Waals surface area contributed by atoms with Gasteiger partial charge in [0.05, 0.1) is 12.1 Å². The minimum Gasteiger partial charge on any atom is -0.391 e. The summed E-state index contributed by atoms with van der Waals surface area (Å²) < 4.78 is 0. The lowest BCUT2D eigenvalue weighted by atomic mass is 9.96. The molecular weight excluding hydrogens is 293 g/mol. The van der Waals surface area contributed by atoms with Crippen LogP contribution >= 0.6 is 24.0 Å². The minimum atomic E-state index is -0.624. The van der Waals surface area contributed by atoms with Crippen molar-refractivity contribution in [1.29, 1.82) is 0 Å². The summed E-state index contributed by atoms with van der Waals surface area (Å²) in [6.07, 6.45) is -0.0887. The molecule has 3 N–H and O–H groups in total. The van der Waals surface area contributed by atoms with Crippen LogP contribution in [0.15, 0.2) is 48.5 Å². The zero-order valence-corrected chi connectivity index (χ0v) is 12.9. The first-order valence-corrected chi connectivity index (χ1v) is 6.69. The fraction of sp³-hybridized carbons (Fsp3) is 0.250. The maximum atomic E-state index is 10.2. The molecule has 4 heteroatoms. The Morgan fingerprint density at radius 2 is 1.80 bits per heavy atom. The van der Waals surface area contributed by atoms with Gasteiger partial charge in [-0.05, 0) is 29.7 Å². The van der Waals surface area contributed by atoms with Crippen molar-refractivity contribution in [2.45, 2.75) is 25.5 Å². The molecule has 0 fully saturated rings. The molecular formula is C16H19Cl2NO. The Labute approximate surface area is 131 Å². The second-order valence-corrected chi connectivity index (χ2v) is 5.20. The number of nitrogens with two attached hydrogens (primary N) is 1. The normalized spacial score (nSPS) is 13.4. The lowest BCUT2D eigenvalue weighted by molar-refractivity contribution is 0.145. The van der Waals surface area contributed by atoms with Crippen molar-refractivity contribution >= 4 is 24.0 Å². The van der Waals surface area contributed by atoms with Gasteiger partial charge in [0, 0.05) is 11.4 Å². The third kappa shape index (κ3) is 4.22. The Morgan fingerprint density at radius 3 is 2.40 bits per heavy atom.